The van der Waals surface area contributed by atoms with Crippen LogP contribution in [0.4, 0.5) is 5.00 Å². The number of nitrogens with zero attached hydrogens (tertiary/aromatic N) is 2. The number of fused-ring (bicyclic) bond motifs is 1. The molecule has 3 rings (SSSR count). The Kier molecular flexibility index (Phi) is 5.95. The van der Waals surface area contributed by atoms with Crippen LogP contribution in [0.5, 0.6) is 0 Å². The van der Waals surface area contributed by atoms with Crippen molar-refractivity contribution in [1.29, 1.82) is 0 Å². The minimum absolute atomic E-state index is 0.0350. The van der Waals surface area contributed by atoms with Gasteiger partial charge in [0.05, 0.1) is 18.4 Å². The van der Waals surface area contributed by atoms with Crippen LogP contribution < -0.4 is 10.9 Å². The van der Waals surface area contributed by atoms with Crippen LogP contribution in [0, 0.1) is 12.8 Å². The highest BCUT2D eigenvalue weighted by Gasteiger charge is 2.28. The van der Waals surface area contributed by atoms with Gasteiger partial charge in [0.25, 0.3) is 5.56 Å². The van der Waals surface area contributed by atoms with Crippen LogP contribution in [0.15, 0.2) is 9.95 Å². The minimum atomic E-state index is -0.432. The van der Waals surface area contributed by atoms with E-state index in [-0.39, 0.29) is 28.1 Å². The average molecular weight is 409 g/mol. The van der Waals surface area contributed by atoms with Crippen LogP contribution >= 0.6 is 23.1 Å². The maximum atomic E-state index is 12.4. The van der Waals surface area contributed by atoms with E-state index in [1.165, 1.54) is 18.4 Å². The van der Waals surface area contributed by atoms with Gasteiger partial charge in [-0.1, -0.05) is 18.7 Å². The molecule has 0 fully saturated rings. The van der Waals surface area contributed by atoms with Crippen LogP contribution in [-0.2, 0) is 22.4 Å². The largest absolute Gasteiger partial charge is 0.465 e. The van der Waals surface area contributed by atoms with Gasteiger partial charge in [0.2, 0.25) is 5.91 Å². The number of thiophene rings is 1. The molecule has 144 valence electrons. The third-order valence-corrected chi connectivity index (χ3v) is 6.37. The predicted octanol–water partition coefficient (Wildman–Crippen LogP) is 2.18. The molecule has 0 bridgehead atoms. The molecule has 2 N–H and O–H groups in total. The normalized spacial score (nSPS) is 15.9. The number of anilines is 1. The zero-order valence-electron chi connectivity index (χ0n) is 15.2. The van der Waals surface area contributed by atoms with Gasteiger partial charge in [-0.15, -0.1) is 21.5 Å². The van der Waals surface area contributed by atoms with E-state index in [2.05, 4.69) is 27.4 Å². The lowest BCUT2D eigenvalue weighted by Crippen LogP contribution is -2.18. The quantitative estimate of drug-likeness (QED) is 0.576. The minimum Gasteiger partial charge on any atom is -0.465 e. The number of ether oxygens (including phenoxy) is 1. The molecule has 2 aromatic heterocycles. The number of carbonyl (C=O) groups excluding carboxylic acids is 2. The van der Waals surface area contributed by atoms with Crippen molar-refractivity contribution < 1.29 is 14.3 Å². The fraction of sp³-hybridized carbons (Fsp3) is 0.471. The Labute approximate surface area is 164 Å². The zero-order chi connectivity index (χ0) is 19.6. The zero-order valence-corrected chi connectivity index (χ0v) is 16.9. The first-order valence-electron chi connectivity index (χ1n) is 8.48. The number of aromatic nitrogens is 3. The summed E-state index contributed by atoms with van der Waals surface area (Å²) < 4.78 is 4.92. The van der Waals surface area contributed by atoms with E-state index < -0.39 is 5.97 Å². The Morgan fingerprint density at radius 3 is 2.89 bits per heavy atom. The highest BCUT2D eigenvalue weighted by atomic mass is 32.2. The van der Waals surface area contributed by atoms with E-state index in [0.29, 0.717) is 16.5 Å². The first-order valence-corrected chi connectivity index (χ1v) is 10.3. The van der Waals surface area contributed by atoms with Crippen molar-refractivity contribution in [3.8, 4) is 0 Å². The smallest absolute Gasteiger partial charge is 0.341 e. The molecule has 1 amide bonds. The molecule has 2 heterocycles. The third-order valence-electron chi connectivity index (χ3n) is 4.33. The molecule has 1 unspecified atom stereocenters. The molecule has 0 aliphatic heterocycles. The Morgan fingerprint density at radius 1 is 1.41 bits per heavy atom. The topological polar surface area (TPSA) is 114 Å². The first-order chi connectivity index (χ1) is 12.9. The first kappa shape index (κ1) is 19.6. The summed E-state index contributed by atoms with van der Waals surface area (Å²) in [7, 11) is 1.34. The lowest BCUT2D eigenvalue weighted by atomic mass is 9.88. The highest BCUT2D eigenvalue weighted by Crippen LogP contribution is 2.40. The third kappa shape index (κ3) is 4.38. The number of amides is 1. The Balaban J connectivity index is 1.74. The van der Waals surface area contributed by atoms with Crippen LogP contribution in [-0.4, -0.2) is 39.9 Å². The van der Waals surface area contributed by atoms with Crippen LogP contribution in [0.1, 0.15) is 39.8 Å². The summed E-state index contributed by atoms with van der Waals surface area (Å²) >= 11 is 2.51. The Morgan fingerprint density at radius 2 is 2.19 bits per heavy atom. The molecule has 27 heavy (non-hydrogen) atoms. The number of aryl methyl sites for hydroxylation is 1. The Hall–Kier alpha value is -2.20. The molecule has 0 saturated carbocycles. The number of hydrogen-bond acceptors (Lipinski definition) is 8. The van der Waals surface area contributed by atoms with Gasteiger partial charge in [-0.25, -0.2) is 4.79 Å². The summed E-state index contributed by atoms with van der Waals surface area (Å²) in [6.45, 7) is 3.74. The molecular weight excluding hydrogens is 388 g/mol. The summed E-state index contributed by atoms with van der Waals surface area (Å²) in [5.41, 5.74) is 1.39. The number of nitrogens with one attached hydrogen (secondary N) is 2. The monoisotopic (exact) mass is 408 g/mol. The van der Waals surface area contributed by atoms with E-state index in [1.54, 1.807) is 6.92 Å². The van der Waals surface area contributed by atoms with E-state index in [4.69, 9.17) is 4.74 Å². The molecule has 0 radical (unpaired) electrons. The number of rotatable bonds is 5. The van der Waals surface area contributed by atoms with E-state index in [9.17, 15) is 14.4 Å². The lowest BCUT2D eigenvalue weighted by Gasteiger charge is -2.18. The van der Waals surface area contributed by atoms with Crippen LogP contribution in [0.25, 0.3) is 0 Å². The second kappa shape index (κ2) is 8.22. The standard InChI is InChI=1S/C17H20N4O4S2/c1-8-4-5-10-11(6-8)27-15(13(10)16(24)25-3)18-12(22)7-26-17-19-14(23)9(2)20-21-17/h8H,4-7H2,1-3H3,(H,18,22)(H,19,21,23). The van der Waals surface area contributed by atoms with Crippen molar-refractivity contribution in [3.63, 3.8) is 0 Å². The summed E-state index contributed by atoms with van der Waals surface area (Å²) in [5.74, 6) is -0.135. The fourth-order valence-corrected chi connectivity index (χ4v) is 4.92. The van der Waals surface area contributed by atoms with Gasteiger partial charge in [-0.2, -0.15) is 0 Å². The summed E-state index contributed by atoms with van der Waals surface area (Å²) in [5, 5.41) is 11.2. The van der Waals surface area contributed by atoms with Gasteiger partial charge in [0, 0.05) is 4.88 Å². The molecule has 1 aliphatic carbocycles. The van der Waals surface area contributed by atoms with Gasteiger partial charge in [-0.3, -0.25) is 14.6 Å². The molecule has 1 aliphatic rings. The Bertz CT molecular complexity index is 938. The molecule has 1 atom stereocenters. The maximum Gasteiger partial charge on any atom is 0.341 e. The summed E-state index contributed by atoms with van der Waals surface area (Å²) in [6, 6.07) is 0. The highest BCUT2D eigenvalue weighted by molar-refractivity contribution is 7.99. The predicted molar refractivity (Wildman–Crippen MR) is 104 cm³/mol. The van der Waals surface area contributed by atoms with Crippen LogP contribution in [0.2, 0.25) is 0 Å². The van der Waals surface area contributed by atoms with Gasteiger partial charge in [0.15, 0.2) is 5.16 Å². The number of methoxy groups -OCH3 is 1. The second-order valence-corrected chi connectivity index (χ2v) is 8.50. The molecule has 2 aromatic rings. The molecule has 8 nitrogen and oxygen atoms in total. The molecule has 10 heteroatoms. The van der Waals surface area contributed by atoms with Crippen molar-refractivity contribution in [1.82, 2.24) is 15.2 Å². The maximum absolute atomic E-state index is 12.4. The SMILES string of the molecule is COC(=O)c1c(NC(=O)CSc2nnc(C)c(=O)[nH]2)sc2c1CCC(C)C2. The summed E-state index contributed by atoms with van der Waals surface area (Å²) in [4.78, 5) is 39.8. The average Bonchev–Trinajstić information content (AvgIpc) is 2.98. The van der Waals surface area contributed by atoms with E-state index in [1.807, 2.05) is 0 Å². The molecular formula is C17H20N4O4S2. The molecule has 0 saturated heterocycles. The van der Waals surface area contributed by atoms with Crippen molar-refractivity contribution >= 4 is 40.0 Å². The summed E-state index contributed by atoms with van der Waals surface area (Å²) in [6.07, 6.45) is 2.72. The van der Waals surface area contributed by atoms with E-state index >= 15 is 0 Å². The van der Waals surface area contributed by atoms with Crippen molar-refractivity contribution in [3.05, 3.63) is 32.1 Å². The van der Waals surface area contributed by atoms with Crippen molar-refractivity contribution in [2.75, 3.05) is 18.2 Å². The van der Waals surface area contributed by atoms with Gasteiger partial charge < -0.3 is 10.1 Å². The fourth-order valence-electron chi connectivity index (χ4n) is 2.90. The lowest BCUT2D eigenvalue weighted by molar-refractivity contribution is -0.113. The van der Waals surface area contributed by atoms with Crippen molar-refractivity contribution in [2.24, 2.45) is 5.92 Å². The van der Waals surface area contributed by atoms with Gasteiger partial charge in [0.1, 0.15) is 10.7 Å². The molecule has 0 spiro atoms. The van der Waals surface area contributed by atoms with Crippen molar-refractivity contribution in [2.45, 2.75) is 38.3 Å². The van der Waals surface area contributed by atoms with Crippen LogP contribution in [0.3, 0.4) is 0 Å². The number of carbonyl (C=O) groups is 2. The van der Waals surface area contributed by atoms with Gasteiger partial charge >= 0.3 is 5.97 Å². The number of esters is 1. The van der Waals surface area contributed by atoms with Gasteiger partial charge in [-0.05, 0) is 37.7 Å². The number of H-pyrrole nitrogens is 1. The molecule has 0 aromatic carbocycles. The number of aromatic amines is 1. The second-order valence-electron chi connectivity index (χ2n) is 6.43. The number of hydrogen-bond donors (Lipinski definition) is 2. The van der Waals surface area contributed by atoms with E-state index in [0.717, 1.165) is 41.5 Å². The number of thioether (sulfide) groups is 1.